The number of anilines is 1. The molecule has 1 heterocycles. The molecule has 0 bridgehead atoms. The first-order chi connectivity index (χ1) is 9.10. The van der Waals surface area contributed by atoms with E-state index in [0.29, 0.717) is 0 Å². The smallest absolute Gasteiger partial charge is 0.165 e. The third kappa shape index (κ3) is 3.19. The molecule has 1 atom stereocenters. The lowest BCUT2D eigenvalue weighted by Gasteiger charge is -2.16. The largest absolute Gasteiger partial charge is 0.494 e. The van der Waals surface area contributed by atoms with Gasteiger partial charge in [-0.2, -0.15) is 0 Å². The molecule has 0 aliphatic heterocycles. The second-order valence-electron chi connectivity index (χ2n) is 4.30. The lowest BCUT2D eigenvalue weighted by atomic mass is 10.1. The number of benzene rings is 1. The van der Waals surface area contributed by atoms with Gasteiger partial charge in [0.05, 0.1) is 13.2 Å². The van der Waals surface area contributed by atoms with E-state index < -0.39 is 0 Å². The van der Waals surface area contributed by atoms with Crippen LogP contribution in [-0.2, 0) is 0 Å². The molecule has 100 valence electrons. The summed E-state index contributed by atoms with van der Waals surface area (Å²) < 4.78 is 18.3. The summed E-state index contributed by atoms with van der Waals surface area (Å²) in [6.07, 6.45) is 1.51. The van der Waals surface area contributed by atoms with E-state index in [1.54, 1.807) is 12.1 Å². The molecule has 0 fully saturated rings. The van der Waals surface area contributed by atoms with Crippen LogP contribution in [0.15, 0.2) is 30.6 Å². The van der Waals surface area contributed by atoms with Crippen LogP contribution in [0.25, 0.3) is 0 Å². The van der Waals surface area contributed by atoms with Crippen LogP contribution in [0.4, 0.5) is 10.2 Å². The van der Waals surface area contributed by atoms with E-state index >= 15 is 0 Å². The van der Waals surface area contributed by atoms with E-state index in [1.807, 2.05) is 19.9 Å². The fourth-order valence-corrected chi connectivity index (χ4v) is 1.78. The Balaban J connectivity index is 2.18. The maximum absolute atomic E-state index is 13.3. The van der Waals surface area contributed by atoms with Crippen LogP contribution < -0.4 is 10.1 Å². The number of aryl methyl sites for hydroxylation is 1. The fourth-order valence-electron chi connectivity index (χ4n) is 1.78. The number of ether oxygens (including phenoxy) is 1. The molecular weight excluding hydrogens is 245 g/mol. The van der Waals surface area contributed by atoms with Crippen molar-refractivity contribution in [1.29, 1.82) is 0 Å². The normalized spacial score (nSPS) is 12.0. The Kier molecular flexibility index (Phi) is 3.94. The highest BCUT2D eigenvalue weighted by atomic mass is 19.1. The molecule has 0 spiro atoms. The first kappa shape index (κ1) is 13.3. The molecule has 0 unspecified atom stereocenters. The Morgan fingerprint density at radius 1 is 1.26 bits per heavy atom. The fraction of sp³-hybridized carbons (Fsp3) is 0.286. The number of hydrogen-bond donors (Lipinski definition) is 1. The minimum atomic E-state index is -0.365. The van der Waals surface area contributed by atoms with Gasteiger partial charge in [0.2, 0.25) is 0 Å². The number of hydrogen-bond acceptors (Lipinski definition) is 4. The molecule has 1 aromatic heterocycles. The highest BCUT2D eigenvalue weighted by Crippen LogP contribution is 2.24. The van der Waals surface area contributed by atoms with Crippen molar-refractivity contribution < 1.29 is 9.13 Å². The minimum absolute atomic E-state index is 0.0104. The standard InChI is InChI=1S/C14H16FN3O/c1-9-6-14(17-8-16-9)18-10(2)11-4-5-12(15)13(7-11)19-3/h4-8,10H,1-3H3,(H,16,17,18)/t10-/m1/s1. The zero-order valence-corrected chi connectivity index (χ0v) is 11.1. The van der Waals surface area contributed by atoms with Gasteiger partial charge >= 0.3 is 0 Å². The third-order valence-corrected chi connectivity index (χ3v) is 2.84. The quantitative estimate of drug-likeness (QED) is 0.918. The molecule has 5 heteroatoms. The van der Waals surface area contributed by atoms with Crippen molar-refractivity contribution in [2.24, 2.45) is 0 Å². The highest BCUT2D eigenvalue weighted by Gasteiger charge is 2.10. The summed E-state index contributed by atoms with van der Waals surface area (Å²) in [6, 6.07) is 6.66. The van der Waals surface area contributed by atoms with Crippen LogP contribution in [0.2, 0.25) is 0 Å². The van der Waals surface area contributed by atoms with Gasteiger partial charge in [0.15, 0.2) is 11.6 Å². The molecule has 0 aliphatic rings. The molecule has 2 aromatic rings. The number of methoxy groups -OCH3 is 1. The summed E-state index contributed by atoms with van der Waals surface area (Å²) in [4.78, 5) is 8.18. The molecule has 1 aromatic carbocycles. The third-order valence-electron chi connectivity index (χ3n) is 2.84. The Bertz CT molecular complexity index is 574. The molecule has 1 N–H and O–H groups in total. The summed E-state index contributed by atoms with van der Waals surface area (Å²) in [7, 11) is 1.45. The predicted octanol–water partition coefficient (Wildman–Crippen LogP) is 3.11. The maximum atomic E-state index is 13.3. The van der Waals surface area contributed by atoms with E-state index in [1.165, 1.54) is 19.5 Å². The molecule has 4 nitrogen and oxygen atoms in total. The average molecular weight is 261 g/mol. The Morgan fingerprint density at radius 2 is 2.05 bits per heavy atom. The van der Waals surface area contributed by atoms with Gasteiger partial charge in [-0.15, -0.1) is 0 Å². The van der Waals surface area contributed by atoms with E-state index in [-0.39, 0.29) is 17.6 Å². The lowest BCUT2D eigenvalue weighted by molar-refractivity contribution is 0.385. The predicted molar refractivity (Wildman–Crippen MR) is 71.8 cm³/mol. The van der Waals surface area contributed by atoms with Gasteiger partial charge in [0.1, 0.15) is 12.1 Å². The van der Waals surface area contributed by atoms with E-state index in [4.69, 9.17) is 4.74 Å². The van der Waals surface area contributed by atoms with Crippen molar-refractivity contribution in [2.45, 2.75) is 19.9 Å². The van der Waals surface area contributed by atoms with Gasteiger partial charge in [-0.05, 0) is 31.5 Å². The summed E-state index contributed by atoms with van der Waals surface area (Å²) in [5.74, 6) is 0.615. The Hall–Kier alpha value is -2.17. The van der Waals surface area contributed by atoms with Gasteiger partial charge in [-0.1, -0.05) is 6.07 Å². The summed E-state index contributed by atoms with van der Waals surface area (Å²) >= 11 is 0. The van der Waals surface area contributed by atoms with Crippen LogP contribution >= 0.6 is 0 Å². The maximum Gasteiger partial charge on any atom is 0.165 e. The summed E-state index contributed by atoms with van der Waals surface area (Å²) in [5, 5.41) is 3.24. The number of halogens is 1. The van der Waals surface area contributed by atoms with Crippen molar-refractivity contribution in [1.82, 2.24) is 9.97 Å². The monoisotopic (exact) mass is 261 g/mol. The number of nitrogens with zero attached hydrogens (tertiary/aromatic N) is 2. The van der Waals surface area contributed by atoms with Crippen molar-refractivity contribution >= 4 is 5.82 Å². The SMILES string of the molecule is COc1cc([C@@H](C)Nc2cc(C)ncn2)ccc1F. The van der Waals surface area contributed by atoms with Crippen LogP contribution in [0.1, 0.15) is 24.2 Å². The van der Waals surface area contributed by atoms with Crippen LogP contribution in [0.3, 0.4) is 0 Å². The molecule has 2 rings (SSSR count). The molecule has 0 saturated heterocycles. The van der Waals surface area contributed by atoms with E-state index in [2.05, 4.69) is 15.3 Å². The molecule has 0 amide bonds. The van der Waals surface area contributed by atoms with Gasteiger partial charge in [0.25, 0.3) is 0 Å². The second kappa shape index (κ2) is 5.65. The van der Waals surface area contributed by atoms with Gasteiger partial charge < -0.3 is 10.1 Å². The lowest BCUT2D eigenvalue weighted by Crippen LogP contribution is -2.08. The molecule has 0 saturated carbocycles. The molecule has 0 aliphatic carbocycles. The zero-order valence-electron chi connectivity index (χ0n) is 11.1. The van der Waals surface area contributed by atoms with Crippen molar-refractivity contribution in [3.63, 3.8) is 0 Å². The van der Waals surface area contributed by atoms with Crippen molar-refractivity contribution in [2.75, 3.05) is 12.4 Å². The summed E-state index contributed by atoms with van der Waals surface area (Å²) in [6.45, 7) is 3.88. The highest BCUT2D eigenvalue weighted by molar-refractivity contribution is 5.40. The summed E-state index contributed by atoms with van der Waals surface area (Å²) in [5.41, 5.74) is 1.82. The number of aromatic nitrogens is 2. The number of nitrogens with one attached hydrogen (secondary N) is 1. The molecule has 0 radical (unpaired) electrons. The van der Waals surface area contributed by atoms with E-state index in [0.717, 1.165) is 17.1 Å². The van der Waals surface area contributed by atoms with E-state index in [9.17, 15) is 4.39 Å². The van der Waals surface area contributed by atoms with Gasteiger partial charge in [-0.25, -0.2) is 14.4 Å². The Labute approximate surface area is 111 Å². The van der Waals surface area contributed by atoms with Crippen LogP contribution in [-0.4, -0.2) is 17.1 Å². The van der Waals surface area contributed by atoms with Crippen molar-refractivity contribution in [3.8, 4) is 5.75 Å². The zero-order chi connectivity index (χ0) is 13.8. The Morgan fingerprint density at radius 3 is 2.74 bits per heavy atom. The average Bonchev–Trinajstić information content (AvgIpc) is 2.39. The van der Waals surface area contributed by atoms with Crippen molar-refractivity contribution in [3.05, 3.63) is 47.7 Å². The van der Waals surface area contributed by atoms with Crippen LogP contribution in [0, 0.1) is 12.7 Å². The van der Waals surface area contributed by atoms with Gasteiger partial charge in [-0.3, -0.25) is 0 Å². The first-order valence-corrected chi connectivity index (χ1v) is 5.99. The first-order valence-electron chi connectivity index (χ1n) is 5.99. The minimum Gasteiger partial charge on any atom is -0.494 e. The van der Waals surface area contributed by atoms with Gasteiger partial charge in [0, 0.05) is 11.8 Å². The topological polar surface area (TPSA) is 47.0 Å². The van der Waals surface area contributed by atoms with Crippen LogP contribution in [0.5, 0.6) is 5.75 Å². The number of rotatable bonds is 4. The molecule has 19 heavy (non-hydrogen) atoms. The second-order valence-corrected chi connectivity index (χ2v) is 4.30. The molecular formula is C14H16FN3O.